The maximum atomic E-state index is 9.36. The van der Waals surface area contributed by atoms with Crippen LogP contribution in [0.25, 0.3) is 0 Å². The highest BCUT2D eigenvalue weighted by Gasteiger charge is 2.34. The molecule has 4 heteroatoms. The van der Waals surface area contributed by atoms with E-state index in [0.717, 1.165) is 25.8 Å². The van der Waals surface area contributed by atoms with Crippen LogP contribution in [-0.4, -0.2) is 33.1 Å². The summed E-state index contributed by atoms with van der Waals surface area (Å²) < 4.78 is 0. The lowest BCUT2D eigenvalue weighted by atomic mass is 9.88. The van der Waals surface area contributed by atoms with E-state index in [1.54, 1.807) is 0 Å². The Balaban J connectivity index is 1.97. The smallest absolute Gasteiger partial charge is 0.0604 e. The van der Waals surface area contributed by atoms with Crippen molar-refractivity contribution in [2.75, 3.05) is 13.2 Å². The van der Waals surface area contributed by atoms with Crippen molar-refractivity contribution >= 4 is 0 Å². The van der Waals surface area contributed by atoms with Crippen LogP contribution in [0.1, 0.15) is 60.3 Å². The molecule has 2 aromatic heterocycles. The van der Waals surface area contributed by atoms with Crippen molar-refractivity contribution in [1.82, 2.24) is 14.9 Å². The highest BCUT2D eigenvalue weighted by molar-refractivity contribution is 5.25. The molecule has 0 aliphatic carbocycles. The minimum atomic E-state index is 0.221. The summed E-state index contributed by atoms with van der Waals surface area (Å²) in [7, 11) is 0. The van der Waals surface area contributed by atoms with Gasteiger partial charge in [0.05, 0.1) is 23.5 Å². The molecule has 1 aliphatic heterocycles. The van der Waals surface area contributed by atoms with E-state index in [9.17, 15) is 5.11 Å². The molecular weight excluding hydrogens is 298 g/mol. The number of hydrogen-bond donors (Lipinski definition) is 1. The largest absolute Gasteiger partial charge is 0.396 e. The first kappa shape index (κ1) is 17.1. The average Bonchev–Trinajstić information content (AvgIpc) is 2.61. The van der Waals surface area contributed by atoms with Gasteiger partial charge in [-0.25, -0.2) is 0 Å². The van der Waals surface area contributed by atoms with E-state index in [0.29, 0.717) is 12.1 Å². The molecule has 0 radical (unpaired) electrons. The summed E-state index contributed by atoms with van der Waals surface area (Å²) in [6.07, 6.45) is 7.98. The highest BCUT2D eigenvalue weighted by Crippen LogP contribution is 2.41. The van der Waals surface area contributed by atoms with Crippen LogP contribution in [0.5, 0.6) is 0 Å². The molecule has 3 rings (SSSR count). The van der Waals surface area contributed by atoms with Gasteiger partial charge in [0.15, 0.2) is 0 Å². The first-order valence-corrected chi connectivity index (χ1v) is 8.92. The van der Waals surface area contributed by atoms with Gasteiger partial charge in [-0.2, -0.15) is 0 Å². The van der Waals surface area contributed by atoms with Crippen molar-refractivity contribution in [3.05, 3.63) is 59.2 Å². The molecule has 24 heavy (non-hydrogen) atoms. The number of aromatic nitrogens is 2. The number of nitrogens with zero attached hydrogens (tertiary/aromatic N) is 3. The monoisotopic (exact) mass is 325 g/mol. The number of aliphatic hydroxyl groups excluding tert-OH is 1. The van der Waals surface area contributed by atoms with E-state index in [4.69, 9.17) is 0 Å². The zero-order valence-corrected chi connectivity index (χ0v) is 14.7. The molecule has 0 spiro atoms. The Bertz CT molecular complexity index is 620. The molecular formula is C20H27N3O. The van der Waals surface area contributed by atoms with E-state index in [-0.39, 0.29) is 6.61 Å². The third-order valence-electron chi connectivity index (χ3n) is 5.06. The zero-order valence-electron chi connectivity index (χ0n) is 14.7. The lowest BCUT2D eigenvalue weighted by molar-refractivity contribution is 0.0688. The minimum Gasteiger partial charge on any atom is -0.396 e. The molecule has 128 valence electrons. The zero-order chi connectivity index (χ0) is 16.9. The maximum Gasteiger partial charge on any atom is 0.0604 e. The topological polar surface area (TPSA) is 49.2 Å². The van der Waals surface area contributed by atoms with Crippen LogP contribution >= 0.6 is 0 Å². The van der Waals surface area contributed by atoms with Crippen LogP contribution in [0.15, 0.2) is 36.7 Å². The Morgan fingerprint density at radius 1 is 1.00 bits per heavy atom. The predicted molar refractivity (Wildman–Crippen MR) is 95.7 cm³/mol. The Kier molecular flexibility index (Phi) is 5.59. The highest BCUT2D eigenvalue weighted by atomic mass is 16.3. The van der Waals surface area contributed by atoms with E-state index < -0.39 is 0 Å². The third kappa shape index (κ3) is 3.50. The second-order valence-electron chi connectivity index (χ2n) is 6.69. The number of likely N-dealkylation sites (tertiary alicyclic amines) is 1. The van der Waals surface area contributed by atoms with E-state index in [2.05, 4.69) is 40.8 Å². The molecule has 2 aromatic rings. The van der Waals surface area contributed by atoms with Crippen molar-refractivity contribution in [2.24, 2.45) is 0 Å². The van der Waals surface area contributed by atoms with Gasteiger partial charge in [-0.15, -0.1) is 0 Å². The van der Waals surface area contributed by atoms with Crippen molar-refractivity contribution < 1.29 is 5.11 Å². The number of aryl methyl sites for hydroxylation is 2. The van der Waals surface area contributed by atoms with Crippen molar-refractivity contribution in [3.63, 3.8) is 0 Å². The van der Waals surface area contributed by atoms with Crippen LogP contribution in [0, 0.1) is 13.8 Å². The SMILES string of the molecule is Cc1cccnc1[C@H]1CCC[C@@H](c2ncccc2C)N1CCCO. The first-order valence-electron chi connectivity index (χ1n) is 8.92. The van der Waals surface area contributed by atoms with Gasteiger partial charge in [0, 0.05) is 25.5 Å². The van der Waals surface area contributed by atoms with Gasteiger partial charge in [-0.05, 0) is 62.8 Å². The van der Waals surface area contributed by atoms with Crippen molar-refractivity contribution in [1.29, 1.82) is 0 Å². The molecule has 4 nitrogen and oxygen atoms in total. The fraction of sp³-hybridized carbons (Fsp3) is 0.500. The van der Waals surface area contributed by atoms with E-state index in [1.807, 2.05) is 24.5 Å². The summed E-state index contributed by atoms with van der Waals surface area (Å²) in [4.78, 5) is 11.9. The molecule has 0 saturated carbocycles. The summed E-state index contributed by atoms with van der Waals surface area (Å²) in [5, 5.41) is 9.36. The van der Waals surface area contributed by atoms with Crippen LogP contribution < -0.4 is 0 Å². The summed E-state index contributed by atoms with van der Waals surface area (Å²) in [5.41, 5.74) is 4.84. The van der Waals surface area contributed by atoms with Crippen LogP contribution in [0.2, 0.25) is 0 Å². The Morgan fingerprint density at radius 2 is 1.54 bits per heavy atom. The summed E-state index contributed by atoms with van der Waals surface area (Å²) in [5.74, 6) is 0. The van der Waals surface area contributed by atoms with Gasteiger partial charge in [0.2, 0.25) is 0 Å². The Labute approximate surface area is 144 Å². The van der Waals surface area contributed by atoms with Crippen molar-refractivity contribution in [2.45, 2.75) is 51.6 Å². The second kappa shape index (κ2) is 7.86. The predicted octanol–water partition coefficient (Wildman–Crippen LogP) is 3.74. The van der Waals surface area contributed by atoms with Gasteiger partial charge >= 0.3 is 0 Å². The molecule has 1 fully saturated rings. The fourth-order valence-corrected chi connectivity index (χ4v) is 3.90. The second-order valence-corrected chi connectivity index (χ2v) is 6.69. The van der Waals surface area contributed by atoms with Gasteiger partial charge in [-0.3, -0.25) is 14.9 Å². The lowest BCUT2D eigenvalue weighted by Gasteiger charge is -2.42. The Hall–Kier alpha value is -1.78. The third-order valence-corrected chi connectivity index (χ3v) is 5.06. The van der Waals surface area contributed by atoms with Gasteiger partial charge < -0.3 is 5.11 Å². The maximum absolute atomic E-state index is 9.36. The van der Waals surface area contributed by atoms with Crippen LogP contribution in [-0.2, 0) is 0 Å². The average molecular weight is 325 g/mol. The number of hydrogen-bond acceptors (Lipinski definition) is 4. The van der Waals surface area contributed by atoms with Crippen LogP contribution in [0.4, 0.5) is 0 Å². The van der Waals surface area contributed by atoms with Gasteiger partial charge in [0.25, 0.3) is 0 Å². The summed E-state index contributed by atoms with van der Waals surface area (Å²) in [6, 6.07) is 8.89. The number of piperidine rings is 1. The molecule has 0 unspecified atom stereocenters. The molecule has 0 aromatic carbocycles. The van der Waals surface area contributed by atoms with Crippen LogP contribution in [0.3, 0.4) is 0 Å². The van der Waals surface area contributed by atoms with Crippen molar-refractivity contribution in [3.8, 4) is 0 Å². The molecule has 1 N–H and O–H groups in total. The molecule has 0 bridgehead atoms. The summed E-state index contributed by atoms with van der Waals surface area (Å²) >= 11 is 0. The first-order chi connectivity index (χ1) is 11.7. The quantitative estimate of drug-likeness (QED) is 0.910. The van der Waals surface area contributed by atoms with Gasteiger partial charge in [0.1, 0.15) is 0 Å². The van der Waals surface area contributed by atoms with Gasteiger partial charge in [-0.1, -0.05) is 12.1 Å². The minimum absolute atomic E-state index is 0.221. The molecule has 0 amide bonds. The molecule has 3 heterocycles. The number of pyridine rings is 2. The fourth-order valence-electron chi connectivity index (χ4n) is 3.90. The Morgan fingerprint density at radius 3 is 2.00 bits per heavy atom. The standard InChI is InChI=1S/C20H27N3O/c1-15-7-4-11-21-19(15)17-9-3-10-18(23(17)13-6-14-24)20-16(2)8-5-12-22-20/h4-5,7-8,11-12,17-18,24H,3,6,9-10,13-14H2,1-2H3/t17-,18+. The lowest BCUT2D eigenvalue weighted by Crippen LogP contribution is -2.38. The number of aliphatic hydroxyl groups is 1. The molecule has 2 atom stereocenters. The normalized spacial score (nSPS) is 21.8. The summed E-state index contributed by atoms with van der Waals surface area (Å²) in [6.45, 7) is 5.38. The van der Waals surface area contributed by atoms with E-state index in [1.165, 1.54) is 28.9 Å². The van der Waals surface area contributed by atoms with E-state index >= 15 is 0 Å². The molecule has 1 saturated heterocycles. The molecule has 1 aliphatic rings. The number of rotatable bonds is 5.